The molecule has 1 aliphatic rings. The Morgan fingerprint density at radius 2 is 0.526 bits per heavy atom. The Balaban J connectivity index is 2.20. The van der Waals surface area contributed by atoms with Crippen molar-refractivity contribution < 1.29 is 9.84 Å². The zero-order valence-corrected chi connectivity index (χ0v) is 39.6. The summed E-state index contributed by atoms with van der Waals surface area (Å²) in [6, 6.07) is 0. The Labute approximate surface area is 354 Å². The molecule has 2 heteroatoms. The Morgan fingerprint density at radius 1 is 0.351 bits per heavy atom. The van der Waals surface area contributed by atoms with Crippen molar-refractivity contribution in [3.63, 3.8) is 0 Å². The van der Waals surface area contributed by atoms with E-state index in [1.807, 2.05) is 6.08 Å². The van der Waals surface area contributed by atoms with Gasteiger partial charge in [-0.3, -0.25) is 0 Å². The van der Waals surface area contributed by atoms with Gasteiger partial charge in [-0.1, -0.05) is 116 Å². The zero-order chi connectivity index (χ0) is 42.5. The average molecular weight is 783 g/mol. The van der Waals surface area contributed by atoms with Crippen LogP contribution in [0.15, 0.2) is 116 Å². The van der Waals surface area contributed by atoms with Gasteiger partial charge >= 0.3 is 0 Å². The van der Waals surface area contributed by atoms with Crippen LogP contribution in [0.25, 0.3) is 0 Å². The monoisotopic (exact) mass is 783 g/mol. The molecule has 0 radical (unpaired) electrons. The van der Waals surface area contributed by atoms with E-state index in [2.05, 4.69) is 138 Å². The van der Waals surface area contributed by atoms with Crippen LogP contribution in [-0.4, -0.2) is 23.4 Å². The number of epoxide rings is 1. The smallest absolute Gasteiger partial charge is 0.0892 e. The van der Waals surface area contributed by atoms with Gasteiger partial charge in [0.25, 0.3) is 0 Å². The summed E-state index contributed by atoms with van der Waals surface area (Å²) in [7, 11) is 0. The first-order valence-electron chi connectivity index (χ1n) is 23.0. The van der Waals surface area contributed by atoms with Crippen molar-refractivity contribution in [2.45, 2.75) is 223 Å². The van der Waals surface area contributed by atoms with Crippen LogP contribution in [0.4, 0.5) is 0 Å². The molecule has 0 bridgehead atoms. The fraction of sp³-hybridized carbons (Fsp3) is 0.636. The number of hydrogen-bond donors (Lipinski definition) is 1. The second kappa shape index (κ2) is 31.3. The summed E-state index contributed by atoms with van der Waals surface area (Å²) in [6.07, 6.45) is 47.3. The van der Waals surface area contributed by atoms with Gasteiger partial charge in [0.05, 0.1) is 18.3 Å². The van der Waals surface area contributed by atoms with Crippen molar-refractivity contribution in [3.05, 3.63) is 116 Å². The summed E-state index contributed by atoms with van der Waals surface area (Å²) in [4.78, 5) is 0. The van der Waals surface area contributed by atoms with E-state index < -0.39 is 0 Å². The van der Waals surface area contributed by atoms with Crippen LogP contribution in [-0.2, 0) is 4.74 Å². The molecule has 0 aromatic rings. The summed E-state index contributed by atoms with van der Waals surface area (Å²) in [5.41, 5.74) is 15.0. The van der Waals surface area contributed by atoms with Crippen molar-refractivity contribution in [2.24, 2.45) is 0 Å². The maximum atomic E-state index is 8.99. The quantitative estimate of drug-likeness (QED) is 0.0561. The highest BCUT2D eigenvalue weighted by Gasteiger charge is 2.46. The Bertz CT molecular complexity index is 1460. The van der Waals surface area contributed by atoms with Gasteiger partial charge in [0.15, 0.2) is 0 Å². The third kappa shape index (κ3) is 30.1. The molecule has 0 amide bonds. The second-order valence-electron chi connectivity index (χ2n) is 18.3. The maximum absolute atomic E-state index is 8.99. The van der Waals surface area contributed by atoms with Crippen molar-refractivity contribution >= 4 is 0 Å². The fourth-order valence-corrected chi connectivity index (χ4v) is 7.19. The normalized spacial score (nSPS) is 18.2. The van der Waals surface area contributed by atoms with E-state index in [4.69, 9.17) is 9.84 Å². The first kappa shape index (κ1) is 52.3. The SMILES string of the molecule is C/C(=C/CO)CC/C=C(/C)CC/C=C(/C)CC/C=C(/C)CC/C=C(/C)CC/C=C(/C)CC/C=C(/C)CC/C=C(\C)CC/C=C(\C)CC/C=C(\C)CCC1OC1(C)C. The third-order valence-corrected chi connectivity index (χ3v) is 11.7. The first-order valence-corrected chi connectivity index (χ1v) is 23.0. The van der Waals surface area contributed by atoms with Crippen LogP contribution in [0, 0.1) is 0 Å². The van der Waals surface area contributed by atoms with Crippen LogP contribution >= 0.6 is 0 Å². The van der Waals surface area contributed by atoms with Crippen molar-refractivity contribution in [3.8, 4) is 0 Å². The fourth-order valence-electron chi connectivity index (χ4n) is 7.19. The van der Waals surface area contributed by atoms with Crippen molar-refractivity contribution in [1.82, 2.24) is 0 Å². The molecule has 57 heavy (non-hydrogen) atoms. The molecule has 1 heterocycles. The van der Waals surface area contributed by atoms with E-state index in [9.17, 15) is 0 Å². The van der Waals surface area contributed by atoms with Crippen molar-refractivity contribution in [1.29, 1.82) is 0 Å². The van der Waals surface area contributed by atoms with E-state index in [0.29, 0.717) is 6.10 Å². The minimum Gasteiger partial charge on any atom is -0.392 e. The molecule has 2 nitrogen and oxygen atoms in total. The minimum atomic E-state index is 0.119. The molecular formula is C55H90O2. The standard InChI is InChI=1S/C55H90O2/c1-44(22-13-23-45(2)25-15-27-47(4)29-17-31-49(6)33-19-35-51(8)37-21-39-53(10)42-43-56)24-14-26-46(3)28-16-30-48(5)32-18-34-50(7)36-20-38-52(9)40-41-54-55(11,12)57-54/h22,25-26,29-30,33-34,37-38,42,54,56H,13-21,23-24,27-28,31-32,35-36,39-41,43H2,1-12H3/b44-22-,45-25-,46-26-,47-29-,48-30+,49-33-,50-34+,51-37-,52-38+,53-42-. The maximum Gasteiger partial charge on any atom is 0.0892 e. The number of hydrogen-bond acceptors (Lipinski definition) is 2. The Morgan fingerprint density at radius 3 is 0.702 bits per heavy atom. The second-order valence-corrected chi connectivity index (χ2v) is 18.3. The molecular weight excluding hydrogens is 693 g/mol. The molecule has 0 aromatic heterocycles. The van der Waals surface area contributed by atoms with Crippen LogP contribution < -0.4 is 0 Å². The lowest BCUT2D eigenvalue weighted by atomic mass is 10.0. The van der Waals surface area contributed by atoms with Gasteiger partial charge in [-0.25, -0.2) is 0 Å². The van der Waals surface area contributed by atoms with E-state index >= 15 is 0 Å². The van der Waals surface area contributed by atoms with Gasteiger partial charge in [0.1, 0.15) is 0 Å². The summed E-state index contributed by atoms with van der Waals surface area (Å²) in [6.45, 7) is 27.2. The lowest BCUT2D eigenvalue weighted by molar-refractivity contribution is 0.320. The molecule has 0 aliphatic carbocycles. The van der Waals surface area contributed by atoms with E-state index in [1.165, 1.54) is 94.3 Å². The number of aliphatic hydroxyl groups is 1. The molecule has 0 saturated carbocycles. The van der Waals surface area contributed by atoms with Gasteiger partial charge in [0.2, 0.25) is 0 Å². The molecule has 1 atom stereocenters. The lowest BCUT2D eigenvalue weighted by Crippen LogP contribution is -2.02. The highest BCUT2D eigenvalue weighted by Crippen LogP contribution is 2.39. The van der Waals surface area contributed by atoms with Crippen LogP contribution in [0.1, 0.15) is 212 Å². The average Bonchev–Trinajstić information content (AvgIpc) is 3.76. The van der Waals surface area contributed by atoms with Gasteiger partial charge in [-0.05, 0) is 212 Å². The summed E-state index contributed by atoms with van der Waals surface area (Å²) in [5.74, 6) is 0. The van der Waals surface area contributed by atoms with Gasteiger partial charge in [0, 0.05) is 0 Å². The minimum absolute atomic E-state index is 0.119. The molecule has 1 fully saturated rings. The summed E-state index contributed by atoms with van der Waals surface area (Å²) < 4.78 is 5.72. The van der Waals surface area contributed by atoms with Crippen molar-refractivity contribution in [2.75, 3.05) is 6.61 Å². The summed E-state index contributed by atoms with van der Waals surface area (Å²) >= 11 is 0. The van der Waals surface area contributed by atoms with E-state index in [0.717, 1.165) is 89.9 Å². The molecule has 1 unspecified atom stereocenters. The Kier molecular flexibility index (Phi) is 28.7. The third-order valence-electron chi connectivity index (χ3n) is 11.7. The highest BCUT2D eigenvalue weighted by atomic mass is 16.6. The van der Waals surface area contributed by atoms with E-state index in [-0.39, 0.29) is 12.2 Å². The van der Waals surface area contributed by atoms with Gasteiger partial charge in [-0.2, -0.15) is 0 Å². The summed E-state index contributed by atoms with van der Waals surface area (Å²) in [5, 5.41) is 8.99. The zero-order valence-electron chi connectivity index (χ0n) is 39.6. The van der Waals surface area contributed by atoms with E-state index in [1.54, 1.807) is 0 Å². The molecule has 0 spiro atoms. The molecule has 1 rings (SSSR count). The predicted octanol–water partition coefficient (Wildman–Crippen LogP) is 17.4. The topological polar surface area (TPSA) is 32.8 Å². The molecule has 1 N–H and O–H groups in total. The van der Waals surface area contributed by atoms with Crippen LogP contribution in [0.2, 0.25) is 0 Å². The molecule has 322 valence electrons. The van der Waals surface area contributed by atoms with Gasteiger partial charge in [-0.15, -0.1) is 0 Å². The number of rotatable bonds is 31. The Hall–Kier alpha value is -2.68. The molecule has 1 aliphatic heterocycles. The number of ether oxygens (including phenoxy) is 1. The first-order chi connectivity index (χ1) is 27.1. The largest absolute Gasteiger partial charge is 0.392 e. The van der Waals surface area contributed by atoms with Crippen LogP contribution in [0.3, 0.4) is 0 Å². The van der Waals surface area contributed by atoms with Gasteiger partial charge < -0.3 is 9.84 Å². The molecule has 1 saturated heterocycles. The lowest BCUT2D eigenvalue weighted by Gasteiger charge is -2.04. The number of allylic oxidation sites excluding steroid dienone is 19. The highest BCUT2D eigenvalue weighted by molar-refractivity contribution is 5.11. The van der Waals surface area contributed by atoms with Crippen LogP contribution in [0.5, 0.6) is 0 Å². The number of aliphatic hydroxyl groups excluding tert-OH is 1. The predicted molar refractivity (Wildman–Crippen MR) is 256 cm³/mol. The molecule has 0 aromatic carbocycles.